The van der Waals surface area contributed by atoms with Crippen molar-refractivity contribution < 1.29 is 14.0 Å². The maximum Gasteiger partial charge on any atom is 0.256 e. The summed E-state index contributed by atoms with van der Waals surface area (Å²) in [4.78, 5) is 32.7. The normalized spacial score (nSPS) is 18.6. The Morgan fingerprint density at radius 2 is 1.87 bits per heavy atom. The number of benzene rings is 2. The summed E-state index contributed by atoms with van der Waals surface area (Å²) in [5.41, 5.74) is 2.44. The molecule has 5 rings (SSSR count). The Bertz CT molecular complexity index is 1150. The van der Waals surface area contributed by atoms with Gasteiger partial charge in [0.15, 0.2) is 0 Å². The number of rotatable bonds is 4. The Morgan fingerprint density at radius 3 is 2.67 bits per heavy atom. The van der Waals surface area contributed by atoms with E-state index in [9.17, 15) is 14.0 Å². The Balaban J connectivity index is 1.45. The number of carbonyl (C=O) groups is 2. The van der Waals surface area contributed by atoms with E-state index in [-0.39, 0.29) is 17.5 Å². The molecule has 152 valence electrons. The minimum Gasteiger partial charge on any atom is -0.322 e. The topological polar surface area (TPSA) is 62.3 Å². The van der Waals surface area contributed by atoms with Gasteiger partial charge in [0.25, 0.3) is 5.91 Å². The Hall–Kier alpha value is -2.93. The predicted molar refractivity (Wildman–Crippen MR) is 116 cm³/mol. The molecular formula is C23H20FN3O2S. The standard InChI is InChI=1S/C23H20FN3O2S/c24-17-6-2-4-8-19(17)26-22(28)21-12-30-13-27(21)23(29)16-11-20(14-9-10-14)25-18-7-3-1-5-15(16)18/h1-8,11,14,21H,9-10,12-13H2,(H,26,28). The SMILES string of the molecule is O=C(Nc1ccccc1F)C1CSCN1C(=O)c1cc(C2CC2)nc2ccccc12. The lowest BCUT2D eigenvalue weighted by atomic mass is 10.0. The highest BCUT2D eigenvalue weighted by molar-refractivity contribution is 7.99. The maximum absolute atomic E-state index is 14.0. The lowest BCUT2D eigenvalue weighted by Crippen LogP contribution is -2.44. The summed E-state index contributed by atoms with van der Waals surface area (Å²) in [6.07, 6.45) is 2.18. The molecule has 2 aliphatic rings. The molecule has 7 heteroatoms. The number of nitrogens with one attached hydrogen (secondary N) is 1. The Labute approximate surface area is 177 Å². The van der Waals surface area contributed by atoms with Crippen LogP contribution in [0.5, 0.6) is 0 Å². The zero-order valence-electron chi connectivity index (χ0n) is 16.2. The second kappa shape index (κ2) is 7.72. The number of hydrogen-bond acceptors (Lipinski definition) is 4. The Kier molecular flexibility index (Phi) is 4.90. The van der Waals surface area contributed by atoms with Crippen molar-refractivity contribution in [1.29, 1.82) is 0 Å². The van der Waals surface area contributed by atoms with E-state index in [1.807, 2.05) is 30.3 Å². The van der Waals surface area contributed by atoms with Gasteiger partial charge in [-0.1, -0.05) is 30.3 Å². The molecule has 1 unspecified atom stereocenters. The van der Waals surface area contributed by atoms with Crippen LogP contribution in [0.25, 0.3) is 10.9 Å². The fourth-order valence-electron chi connectivity index (χ4n) is 3.75. The number of nitrogens with zero attached hydrogens (tertiary/aromatic N) is 2. The van der Waals surface area contributed by atoms with E-state index >= 15 is 0 Å². The minimum absolute atomic E-state index is 0.122. The summed E-state index contributed by atoms with van der Waals surface area (Å²) >= 11 is 1.52. The van der Waals surface area contributed by atoms with E-state index in [2.05, 4.69) is 5.32 Å². The molecule has 0 radical (unpaired) electrons. The minimum atomic E-state index is -0.654. The predicted octanol–water partition coefficient (Wildman–Crippen LogP) is 4.41. The number of hydrogen-bond donors (Lipinski definition) is 1. The number of aromatic nitrogens is 1. The summed E-state index contributed by atoms with van der Waals surface area (Å²) in [7, 11) is 0. The number of para-hydroxylation sites is 2. The highest BCUT2D eigenvalue weighted by atomic mass is 32.2. The second-order valence-electron chi connectivity index (χ2n) is 7.65. The van der Waals surface area contributed by atoms with Crippen molar-refractivity contribution in [3.63, 3.8) is 0 Å². The second-order valence-corrected chi connectivity index (χ2v) is 8.65. The molecule has 0 spiro atoms. The van der Waals surface area contributed by atoms with Crippen molar-refractivity contribution in [2.24, 2.45) is 0 Å². The first kappa shape index (κ1) is 19.1. The summed E-state index contributed by atoms with van der Waals surface area (Å²) < 4.78 is 14.0. The molecule has 2 heterocycles. The van der Waals surface area contributed by atoms with Crippen molar-refractivity contribution in [2.45, 2.75) is 24.8 Å². The van der Waals surface area contributed by atoms with Gasteiger partial charge in [-0.2, -0.15) is 0 Å². The highest BCUT2D eigenvalue weighted by Gasteiger charge is 2.36. The molecule has 3 aromatic rings. The molecule has 1 N–H and O–H groups in total. The molecule has 1 atom stereocenters. The van der Waals surface area contributed by atoms with Gasteiger partial charge in [-0.25, -0.2) is 4.39 Å². The van der Waals surface area contributed by atoms with Crippen LogP contribution in [-0.4, -0.2) is 39.4 Å². The zero-order valence-corrected chi connectivity index (χ0v) is 17.0. The van der Waals surface area contributed by atoms with Crippen LogP contribution >= 0.6 is 11.8 Å². The van der Waals surface area contributed by atoms with E-state index < -0.39 is 11.9 Å². The van der Waals surface area contributed by atoms with Gasteiger partial charge in [0.2, 0.25) is 5.91 Å². The summed E-state index contributed by atoms with van der Waals surface area (Å²) in [6.45, 7) is 0. The molecule has 30 heavy (non-hydrogen) atoms. The van der Waals surface area contributed by atoms with Crippen molar-refractivity contribution in [1.82, 2.24) is 9.88 Å². The number of thioether (sulfide) groups is 1. The third-order valence-electron chi connectivity index (χ3n) is 5.54. The lowest BCUT2D eigenvalue weighted by Gasteiger charge is -2.24. The van der Waals surface area contributed by atoms with Gasteiger partial charge in [-0.3, -0.25) is 14.6 Å². The van der Waals surface area contributed by atoms with Crippen LogP contribution in [0.15, 0.2) is 54.6 Å². The Morgan fingerprint density at radius 1 is 1.10 bits per heavy atom. The van der Waals surface area contributed by atoms with Gasteiger partial charge in [0.1, 0.15) is 11.9 Å². The number of anilines is 1. The molecular weight excluding hydrogens is 401 g/mol. The lowest BCUT2D eigenvalue weighted by molar-refractivity contribution is -0.119. The smallest absolute Gasteiger partial charge is 0.256 e. The number of pyridine rings is 1. The molecule has 2 fully saturated rings. The van der Waals surface area contributed by atoms with Gasteiger partial charge < -0.3 is 10.2 Å². The third-order valence-corrected chi connectivity index (χ3v) is 6.55. The molecule has 1 saturated carbocycles. The number of halogens is 1. The first-order valence-electron chi connectivity index (χ1n) is 9.95. The van der Waals surface area contributed by atoms with Crippen molar-refractivity contribution in [3.05, 3.63) is 71.7 Å². The van der Waals surface area contributed by atoms with Gasteiger partial charge in [-0.05, 0) is 37.1 Å². The van der Waals surface area contributed by atoms with Gasteiger partial charge >= 0.3 is 0 Å². The zero-order chi connectivity index (χ0) is 20.7. The van der Waals surface area contributed by atoms with Gasteiger partial charge in [-0.15, -0.1) is 11.8 Å². The van der Waals surface area contributed by atoms with E-state index in [0.717, 1.165) is 29.4 Å². The van der Waals surface area contributed by atoms with E-state index in [1.165, 1.54) is 23.9 Å². The van der Waals surface area contributed by atoms with Crippen LogP contribution in [0.4, 0.5) is 10.1 Å². The molecule has 1 aromatic heterocycles. The highest BCUT2D eigenvalue weighted by Crippen LogP contribution is 2.40. The maximum atomic E-state index is 14.0. The van der Waals surface area contributed by atoms with Crippen LogP contribution in [0.1, 0.15) is 34.8 Å². The fourth-order valence-corrected chi connectivity index (χ4v) is 4.91. The average Bonchev–Trinajstić information content (AvgIpc) is 3.50. The molecule has 1 saturated heterocycles. The molecule has 0 bridgehead atoms. The first-order valence-corrected chi connectivity index (χ1v) is 11.1. The average molecular weight is 421 g/mol. The summed E-state index contributed by atoms with van der Waals surface area (Å²) in [5, 5.41) is 3.42. The van der Waals surface area contributed by atoms with E-state index in [1.54, 1.807) is 17.0 Å². The molecule has 2 amide bonds. The number of carbonyl (C=O) groups excluding carboxylic acids is 2. The van der Waals surface area contributed by atoms with Crippen LogP contribution < -0.4 is 5.32 Å². The van der Waals surface area contributed by atoms with Crippen LogP contribution in [-0.2, 0) is 4.79 Å². The first-order chi connectivity index (χ1) is 14.6. The monoisotopic (exact) mass is 421 g/mol. The van der Waals surface area contributed by atoms with Gasteiger partial charge in [0.05, 0.1) is 22.6 Å². The van der Waals surface area contributed by atoms with Crippen molar-refractivity contribution >= 4 is 40.2 Å². The quantitative estimate of drug-likeness (QED) is 0.678. The molecule has 2 aromatic carbocycles. The van der Waals surface area contributed by atoms with E-state index in [4.69, 9.17) is 4.98 Å². The largest absolute Gasteiger partial charge is 0.322 e. The molecule has 1 aliphatic carbocycles. The molecule has 1 aliphatic heterocycles. The van der Waals surface area contributed by atoms with Crippen molar-refractivity contribution in [3.8, 4) is 0 Å². The third kappa shape index (κ3) is 3.54. The number of amides is 2. The fraction of sp³-hybridized carbons (Fsp3) is 0.261. The van der Waals surface area contributed by atoms with Gasteiger partial charge in [0, 0.05) is 22.8 Å². The van der Waals surface area contributed by atoms with Crippen molar-refractivity contribution in [2.75, 3.05) is 16.9 Å². The van der Waals surface area contributed by atoms with Crippen LogP contribution in [0.2, 0.25) is 0 Å². The summed E-state index contributed by atoms with van der Waals surface area (Å²) in [6, 6.07) is 14.9. The summed E-state index contributed by atoms with van der Waals surface area (Å²) in [5.74, 6) is 0.250. The van der Waals surface area contributed by atoms with Crippen LogP contribution in [0, 0.1) is 5.82 Å². The molecule has 5 nitrogen and oxygen atoms in total. The van der Waals surface area contributed by atoms with Crippen LogP contribution in [0.3, 0.4) is 0 Å². The number of fused-ring (bicyclic) bond motifs is 1. The van der Waals surface area contributed by atoms with E-state index in [0.29, 0.717) is 23.1 Å².